The minimum absolute atomic E-state index is 0.117. The summed E-state index contributed by atoms with van der Waals surface area (Å²) in [5.74, 6) is 0.726. The highest BCUT2D eigenvalue weighted by atomic mass is 16.5. The number of carboxylic acid groups (broad SMARTS) is 1. The average molecular weight is 723 g/mol. The van der Waals surface area contributed by atoms with Gasteiger partial charge in [0.1, 0.15) is 23.7 Å². The summed E-state index contributed by atoms with van der Waals surface area (Å²) in [6, 6.07) is 14.4. The zero-order chi connectivity index (χ0) is 37.6. The molecule has 3 aromatic carbocycles. The lowest BCUT2D eigenvalue weighted by Crippen LogP contribution is -2.51. The quantitative estimate of drug-likeness (QED) is 0.118. The number of methoxy groups -OCH3 is 1. The molecule has 2 aromatic heterocycles. The lowest BCUT2D eigenvalue weighted by molar-refractivity contribution is -0.136. The van der Waals surface area contributed by atoms with Gasteiger partial charge in [-0.3, -0.25) is 9.59 Å². The summed E-state index contributed by atoms with van der Waals surface area (Å²) >= 11 is 0. The number of nitrogens with one attached hydrogen (secondary N) is 4. The number of benzene rings is 3. The van der Waals surface area contributed by atoms with Gasteiger partial charge >= 0.3 is 12.2 Å². The van der Waals surface area contributed by atoms with Gasteiger partial charge in [-0.25, -0.2) is 19.6 Å². The molecule has 0 saturated carbocycles. The number of carbonyl (C=O) groups excluding carboxylic acids is 3. The average Bonchev–Trinajstić information content (AvgIpc) is 3.96. The molecule has 5 N–H and O–H groups in total. The third-order valence-electron chi connectivity index (χ3n) is 10.6. The van der Waals surface area contributed by atoms with Crippen LogP contribution in [0, 0.1) is 11.8 Å². The molecule has 2 aliphatic rings. The molecule has 14 nitrogen and oxygen atoms in total. The van der Waals surface area contributed by atoms with Crippen LogP contribution in [0.5, 0.6) is 0 Å². The van der Waals surface area contributed by atoms with E-state index in [1.54, 1.807) is 4.90 Å². The van der Waals surface area contributed by atoms with Crippen molar-refractivity contribution in [3.63, 3.8) is 0 Å². The standard InChI is InChI=1S/C39H46N8O6/c1-20(2)31(44-38(50)51)36(48)46-16-6-8-29(46)34-40-26-14-11-23(19-28(26)42-34)22-10-13-25-24(18-22)12-15-27-33(25)43-35(41-27)30-9-7-17-47(30)37(49)32(21(3)4)45-39(52)53-5/h10-15,18-21,29-32,44H,6-9,16-17H2,1-5H3,(H,40,42)(H,41,43)(H,45,52)(H,50,51)/t29-,30?,31-,32-/m0/s1. The first-order chi connectivity index (χ1) is 25.4. The zero-order valence-electron chi connectivity index (χ0n) is 30.6. The number of carbonyl (C=O) groups is 4. The van der Waals surface area contributed by atoms with Crippen molar-refractivity contribution < 1.29 is 29.0 Å². The summed E-state index contributed by atoms with van der Waals surface area (Å²) in [6.45, 7) is 8.59. The second-order valence-electron chi connectivity index (χ2n) is 14.8. The fourth-order valence-electron chi connectivity index (χ4n) is 7.86. The Labute approximate surface area is 306 Å². The number of fused-ring (bicyclic) bond motifs is 4. The summed E-state index contributed by atoms with van der Waals surface area (Å²) in [5, 5.41) is 16.4. The van der Waals surface area contributed by atoms with Gasteiger partial charge in [-0.15, -0.1) is 0 Å². The van der Waals surface area contributed by atoms with Crippen LogP contribution in [0.3, 0.4) is 0 Å². The van der Waals surface area contributed by atoms with Crippen LogP contribution in [0.4, 0.5) is 9.59 Å². The number of aromatic amines is 2. The van der Waals surface area contributed by atoms with E-state index in [4.69, 9.17) is 14.7 Å². The van der Waals surface area contributed by atoms with Crippen LogP contribution in [0.25, 0.3) is 44.0 Å². The van der Waals surface area contributed by atoms with Crippen molar-refractivity contribution in [1.82, 2.24) is 40.4 Å². The second-order valence-corrected chi connectivity index (χ2v) is 14.8. The van der Waals surface area contributed by atoms with Crippen molar-refractivity contribution in [2.45, 2.75) is 77.5 Å². The van der Waals surface area contributed by atoms with Gasteiger partial charge in [0.25, 0.3) is 0 Å². The molecule has 0 radical (unpaired) electrons. The molecule has 0 bridgehead atoms. The van der Waals surface area contributed by atoms with Crippen LogP contribution in [-0.4, -0.2) is 91.1 Å². The molecule has 0 spiro atoms. The number of likely N-dealkylation sites (tertiary alicyclic amines) is 2. The first-order valence-corrected chi connectivity index (χ1v) is 18.3. The molecule has 2 fully saturated rings. The number of ether oxygens (including phenoxy) is 1. The van der Waals surface area contributed by atoms with Gasteiger partial charge in [0.2, 0.25) is 11.8 Å². The molecule has 53 heavy (non-hydrogen) atoms. The third-order valence-corrected chi connectivity index (χ3v) is 10.6. The second kappa shape index (κ2) is 14.4. The SMILES string of the molecule is COC(=O)N[C@H](C(=O)N1CCCC1c1nc2c(ccc3cc(-c4ccc5nc([C@@H]6CCCN6C(=O)[C@@H](NC(=O)O)C(C)C)[nH]c5c4)ccc32)[nH]1)C(C)C. The number of amides is 4. The lowest BCUT2D eigenvalue weighted by atomic mass is 10.0. The Morgan fingerprint density at radius 1 is 0.774 bits per heavy atom. The van der Waals surface area contributed by atoms with Crippen molar-refractivity contribution in [2.24, 2.45) is 11.8 Å². The normalized spacial score (nSPS) is 18.7. The van der Waals surface area contributed by atoms with E-state index in [2.05, 4.69) is 50.9 Å². The van der Waals surface area contributed by atoms with Crippen molar-refractivity contribution in [3.8, 4) is 11.1 Å². The largest absolute Gasteiger partial charge is 0.465 e. The van der Waals surface area contributed by atoms with E-state index >= 15 is 0 Å². The van der Waals surface area contributed by atoms with E-state index in [-0.39, 0.29) is 35.7 Å². The summed E-state index contributed by atoms with van der Waals surface area (Å²) in [6.07, 6.45) is 1.31. The first kappa shape index (κ1) is 35.7. The maximum absolute atomic E-state index is 13.7. The molecule has 2 aliphatic heterocycles. The number of rotatable bonds is 9. The van der Waals surface area contributed by atoms with Crippen molar-refractivity contribution in [1.29, 1.82) is 0 Å². The van der Waals surface area contributed by atoms with Crippen LogP contribution >= 0.6 is 0 Å². The smallest absolute Gasteiger partial charge is 0.407 e. The predicted octanol–water partition coefficient (Wildman–Crippen LogP) is 6.26. The minimum atomic E-state index is -1.22. The van der Waals surface area contributed by atoms with E-state index < -0.39 is 24.3 Å². The van der Waals surface area contributed by atoms with E-state index in [1.807, 2.05) is 50.8 Å². The Balaban J connectivity index is 1.13. The highest BCUT2D eigenvalue weighted by molar-refractivity contribution is 6.05. The van der Waals surface area contributed by atoms with E-state index in [9.17, 15) is 24.3 Å². The van der Waals surface area contributed by atoms with Crippen LogP contribution in [0.1, 0.15) is 77.1 Å². The van der Waals surface area contributed by atoms with E-state index in [0.29, 0.717) is 18.9 Å². The maximum atomic E-state index is 13.7. The summed E-state index contributed by atoms with van der Waals surface area (Å²) in [7, 11) is 1.29. The number of H-pyrrole nitrogens is 2. The maximum Gasteiger partial charge on any atom is 0.407 e. The monoisotopic (exact) mass is 722 g/mol. The molecule has 7 rings (SSSR count). The molecule has 278 valence electrons. The molecule has 1 unspecified atom stereocenters. The molecule has 0 aliphatic carbocycles. The summed E-state index contributed by atoms with van der Waals surface area (Å²) < 4.78 is 4.77. The van der Waals surface area contributed by atoms with E-state index in [1.165, 1.54) is 7.11 Å². The van der Waals surface area contributed by atoms with Gasteiger partial charge in [0, 0.05) is 18.5 Å². The van der Waals surface area contributed by atoms with Crippen molar-refractivity contribution >= 4 is 56.8 Å². The lowest BCUT2D eigenvalue weighted by Gasteiger charge is -2.29. The summed E-state index contributed by atoms with van der Waals surface area (Å²) in [4.78, 5) is 70.9. The number of hydrogen-bond donors (Lipinski definition) is 5. The van der Waals surface area contributed by atoms with E-state index in [0.717, 1.165) is 75.5 Å². The number of hydrogen-bond acceptors (Lipinski definition) is 7. The van der Waals surface area contributed by atoms with Gasteiger partial charge in [-0.2, -0.15) is 0 Å². The molecular formula is C39H46N8O6. The minimum Gasteiger partial charge on any atom is -0.465 e. The van der Waals surface area contributed by atoms with Crippen LogP contribution < -0.4 is 10.6 Å². The molecule has 4 heterocycles. The Morgan fingerprint density at radius 2 is 1.36 bits per heavy atom. The summed E-state index contributed by atoms with van der Waals surface area (Å²) in [5.41, 5.74) is 5.39. The Hall–Kier alpha value is -5.66. The molecule has 5 aromatic rings. The Kier molecular flexibility index (Phi) is 9.71. The van der Waals surface area contributed by atoms with Crippen LogP contribution in [0.2, 0.25) is 0 Å². The van der Waals surface area contributed by atoms with Gasteiger partial charge < -0.3 is 40.2 Å². The van der Waals surface area contributed by atoms with Gasteiger partial charge in [-0.05, 0) is 78.3 Å². The van der Waals surface area contributed by atoms with Crippen molar-refractivity contribution in [3.05, 3.63) is 60.2 Å². The van der Waals surface area contributed by atoms with Crippen molar-refractivity contribution in [2.75, 3.05) is 20.2 Å². The highest BCUT2D eigenvalue weighted by Crippen LogP contribution is 2.37. The number of nitrogens with zero attached hydrogens (tertiary/aromatic N) is 4. The number of aromatic nitrogens is 4. The third kappa shape index (κ3) is 6.85. The molecule has 4 atom stereocenters. The molecule has 4 amide bonds. The van der Waals surface area contributed by atoms with Gasteiger partial charge in [-0.1, -0.05) is 52.0 Å². The highest BCUT2D eigenvalue weighted by Gasteiger charge is 2.39. The fourth-order valence-corrected chi connectivity index (χ4v) is 7.86. The molecular weight excluding hydrogens is 676 g/mol. The predicted molar refractivity (Wildman–Crippen MR) is 200 cm³/mol. The Bertz CT molecular complexity index is 2210. The topological polar surface area (TPSA) is 186 Å². The zero-order valence-corrected chi connectivity index (χ0v) is 30.6. The molecule has 14 heteroatoms. The number of alkyl carbamates (subject to hydrolysis) is 1. The van der Waals surface area contributed by atoms with Gasteiger partial charge in [0.15, 0.2) is 0 Å². The van der Waals surface area contributed by atoms with Gasteiger partial charge in [0.05, 0.1) is 41.3 Å². The Morgan fingerprint density at radius 3 is 1.98 bits per heavy atom. The number of imidazole rings is 2. The van der Waals surface area contributed by atoms with Crippen LogP contribution in [-0.2, 0) is 14.3 Å². The van der Waals surface area contributed by atoms with Crippen LogP contribution in [0.15, 0.2) is 48.5 Å². The fraction of sp³-hybridized carbons (Fsp3) is 0.436. The first-order valence-electron chi connectivity index (χ1n) is 18.3. The molecule has 2 saturated heterocycles.